The van der Waals surface area contributed by atoms with Crippen LogP contribution in [0.25, 0.3) is 0 Å². The molecule has 110 valence electrons. The third-order valence-electron chi connectivity index (χ3n) is 4.05. The van der Waals surface area contributed by atoms with Crippen molar-refractivity contribution in [1.29, 1.82) is 0 Å². The summed E-state index contributed by atoms with van der Waals surface area (Å²) < 4.78 is 13.8. The summed E-state index contributed by atoms with van der Waals surface area (Å²) in [5.41, 5.74) is 0.826. The van der Waals surface area contributed by atoms with Crippen LogP contribution >= 0.6 is 0 Å². The first-order valence-electron chi connectivity index (χ1n) is 7.36. The Hall–Kier alpha value is -1.42. The highest BCUT2D eigenvalue weighted by atomic mass is 19.1. The van der Waals surface area contributed by atoms with E-state index in [1.54, 1.807) is 12.1 Å². The van der Waals surface area contributed by atoms with E-state index in [-0.39, 0.29) is 17.4 Å². The maximum Gasteiger partial charge on any atom is 0.231 e. The zero-order valence-electron chi connectivity index (χ0n) is 12.3. The fourth-order valence-corrected chi connectivity index (χ4v) is 2.96. The second-order valence-electron chi connectivity index (χ2n) is 5.75. The molecule has 1 aromatic rings. The van der Waals surface area contributed by atoms with Gasteiger partial charge < -0.3 is 10.6 Å². The van der Waals surface area contributed by atoms with Crippen molar-refractivity contribution in [2.75, 3.05) is 18.4 Å². The largest absolute Gasteiger partial charge is 0.323 e. The maximum absolute atomic E-state index is 13.8. The van der Waals surface area contributed by atoms with Gasteiger partial charge in [-0.05, 0) is 50.4 Å². The van der Waals surface area contributed by atoms with Gasteiger partial charge in [-0.25, -0.2) is 4.39 Å². The Labute approximate surface area is 120 Å². The molecule has 20 heavy (non-hydrogen) atoms. The molecule has 3 nitrogen and oxygen atoms in total. The lowest BCUT2D eigenvalue weighted by molar-refractivity contribution is -0.127. The first-order chi connectivity index (χ1) is 9.57. The molecule has 0 radical (unpaired) electrons. The van der Waals surface area contributed by atoms with Crippen LogP contribution in [-0.4, -0.2) is 19.0 Å². The van der Waals surface area contributed by atoms with Crippen LogP contribution in [0.1, 0.15) is 38.2 Å². The minimum absolute atomic E-state index is 0.0592. The molecule has 4 heteroatoms. The highest BCUT2D eigenvalue weighted by molar-refractivity contribution is 5.95. The molecule has 1 fully saturated rings. The summed E-state index contributed by atoms with van der Waals surface area (Å²) in [6.45, 7) is 5.60. The standard InChI is InChI=1S/C16H23FN2O/c1-3-7-16(8-4-9-18-11-16)15(20)19-14-10-12(2)5-6-13(14)17/h5-6,10,18H,3-4,7-9,11H2,1-2H3,(H,19,20). The van der Waals surface area contributed by atoms with Crippen molar-refractivity contribution in [1.82, 2.24) is 5.32 Å². The van der Waals surface area contributed by atoms with E-state index in [2.05, 4.69) is 17.6 Å². The van der Waals surface area contributed by atoms with Gasteiger partial charge in [0.05, 0.1) is 11.1 Å². The Morgan fingerprint density at radius 2 is 2.30 bits per heavy atom. The average Bonchev–Trinajstić information content (AvgIpc) is 2.44. The fourth-order valence-electron chi connectivity index (χ4n) is 2.96. The van der Waals surface area contributed by atoms with Gasteiger partial charge in [0, 0.05) is 6.54 Å². The molecule has 2 N–H and O–H groups in total. The smallest absolute Gasteiger partial charge is 0.231 e. The number of amides is 1. The molecule has 0 bridgehead atoms. The molecule has 0 aliphatic carbocycles. The lowest BCUT2D eigenvalue weighted by Gasteiger charge is -2.36. The van der Waals surface area contributed by atoms with E-state index in [0.29, 0.717) is 6.54 Å². The van der Waals surface area contributed by atoms with Crippen molar-refractivity contribution in [3.8, 4) is 0 Å². The molecular formula is C16H23FN2O. The Morgan fingerprint density at radius 3 is 2.95 bits per heavy atom. The van der Waals surface area contributed by atoms with Crippen LogP contribution in [0.3, 0.4) is 0 Å². The predicted octanol–water partition coefficient (Wildman–Crippen LogP) is 3.24. The summed E-state index contributed by atoms with van der Waals surface area (Å²) in [5.74, 6) is -0.435. The Morgan fingerprint density at radius 1 is 1.50 bits per heavy atom. The van der Waals surface area contributed by atoms with Gasteiger partial charge >= 0.3 is 0 Å². The van der Waals surface area contributed by atoms with E-state index in [1.807, 2.05) is 6.92 Å². The van der Waals surface area contributed by atoms with Gasteiger partial charge in [0.1, 0.15) is 5.82 Å². The van der Waals surface area contributed by atoms with Gasteiger partial charge in [-0.2, -0.15) is 0 Å². The van der Waals surface area contributed by atoms with Crippen molar-refractivity contribution >= 4 is 11.6 Å². The van der Waals surface area contributed by atoms with Crippen LogP contribution in [0.15, 0.2) is 18.2 Å². The summed E-state index contributed by atoms with van der Waals surface area (Å²) in [4.78, 5) is 12.6. The molecule has 1 aliphatic rings. The molecule has 1 heterocycles. The molecule has 1 saturated heterocycles. The average molecular weight is 278 g/mol. The zero-order valence-corrected chi connectivity index (χ0v) is 12.3. The van der Waals surface area contributed by atoms with Gasteiger partial charge in [-0.15, -0.1) is 0 Å². The number of piperidine rings is 1. The van der Waals surface area contributed by atoms with Crippen LogP contribution in [-0.2, 0) is 4.79 Å². The number of carbonyl (C=O) groups is 1. The summed E-state index contributed by atoms with van der Waals surface area (Å²) in [7, 11) is 0. The first kappa shape index (κ1) is 15.0. The molecular weight excluding hydrogens is 255 g/mol. The van der Waals surface area contributed by atoms with Gasteiger partial charge in [0.25, 0.3) is 0 Å². The number of carbonyl (C=O) groups excluding carboxylic acids is 1. The number of halogens is 1. The summed E-state index contributed by atoms with van der Waals surface area (Å²) in [6.07, 6.45) is 3.64. The van der Waals surface area contributed by atoms with Gasteiger partial charge in [0.15, 0.2) is 0 Å². The number of aryl methyl sites for hydroxylation is 1. The zero-order chi connectivity index (χ0) is 14.6. The number of rotatable bonds is 4. The van der Waals surface area contributed by atoms with Crippen molar-refractivity contribution in [3.63, 3.8) is 0 Å². The molecule has 1 aromatic carbocycles. The maximum atomic E-state index is 13.8. The van der Waals surface area contributed by atoms with Crippen LogP contribution in [0.5, 0.6) is 0 Å². The van der Waals surface area contributed by atoms with Crippen molar-refractivity contribution in [3.05, 3.63) is 29.6 Å². The lowest BCUT2D eigenvalue weighted by atomic mass is 9.76. The highest BCUT2D eigenvalue weighted by Crippen LogP contribution is 2.33. The monoisotopic (exact) mass is 278 g/mol. The number of hydrogen-bond acceptors (Lipinski definition) is 2. The third kappa shape index (κ3) is 3.18. The quantitative estimate of drug-likeness (QED) is 0.887. The Bertz CT molecular complexity index is 476. The van der Waals surface area contributed by atoms with Crippen molar-refractivity contribution in [2.45, 2.75) is 39.5 Å². The van der Waals surface area contributed by atoms with Crippen LogP contribution in [0.2, 0.25) is 0 Å². The number of anilines is 1. The molecule has 1 aliphatic heterocycles. The minimum atomic E-state index is -0.400. The fraction of sp³-hybridized carbons (Fsp3) is 0.562. The number of benzene rings is 1. The van der Waals surface area contributed by atoms with Crippen LogP contribution < -0.4 is 10.6 Å². The second-order valence-corrected chi connectivity index (χ2v) is 5.75. The summed E-state index contributed by atoms with van der Waals surface area (Å²) in [6, 6.07) is 4.79. The third-order valence-corrected chi connectivity index (χ3v) is 4.05. The van der Waals surface area contributed by atoms with Gasteiger partial charge in [-0.3, -0.25) is 4.79 Å². The van der Waals surface area contributed by atoms with E-state index in [1.165, 1.54) is 6.07 Å². The van der Waals surface area contributed by atoms with E-state index in [0.717, 1.165) is 37.8 Å². The molecule has 0 spiro atoms. The first-order valence-corrected chi connectivity index (χ1v) is 7.36. The minimum Gasteiger partial charge on any atom is -0.323 e. The molecule has 1 unspecified atom stereocenters. The predicted molar refractivity (Wildman–Crippen MR) is 79.2 cm³/mol. The second kappa shape index (κ2) is 6.35. The Kier molecular flexibility index (Phi) is 4.76. The van der Waals surface area contributed by atoms with E-state index < -0.39 is 5.41 Å². The molecule has 1 amide bonds. The Balaban J connectivity index is 2.18. The van der Waals surface area contributed by atoms with E-state index in [9.17, 15) is 9.18 Å². The molecule has 0 aromatic heterocycles. The highest BCUT2D eigenvalue weighted by Gasteiger charge is 2.38. The van der Waals surface area contributed by atoms with Crippen molar-refractivity contribution < 1.29 is 9.18 Å². The van der Waals surface area contributed by atoms with Gasteiger partial charge in [0.2, 0.25) is 5.91 Å². The number of hydrogen-bond donors (Lipinski definition) is 2. The van der Waals surface area contributed by atoms with Crippen LogP contribution in [0.4, 0.5) is 10.1 Å². The van der Waals surface area contributed by atoms with Crippen molar-refractivity contribution in [2.24, 2.45) is 5.41 Å². The van der Waals surface area contributed by atoms with E-state index >= 15 is 0 Å². The summed E-state index contributed by atoms with van der Waals surface area (Å²) >= 11 is 0. The molecule has 0 saturated carbocycles. The van der Waals surface area contributed by atoms with Crippen LogP contribution in [0, 0.1) is 18.2 Å². The SMILES string of the molecule is CCCC1(C(=O)Nc2cc(C)ccc2F)CCCNC1. The number of nitrogens with one attached hydrogen (secondary N) is 2. The molecule has 1 atom stereocenters. The molecule has 2 rings (SSSR count). The van der Waals surface area contributed by atoms with Gasteiger partial charge in [-0.1, -0.05) is 19.4 Å². The normalized spacial score (nSPS) is 22.6. The lowest BCUT2D eigenvalue weighted by Crippen LogP contribution is -2.48. The summed E-state index contributed by atoms with van der Waals surface area (Å²) in [5, 5.41) is 6.09. The van der Waals surface area contributed by atoms with E-state index in [4.69, 9.17) is 0 Å². The topological polar surface area (TPSA) is 41.1 Å².